The Morgan fingerprint density at radius 2 is 1.94 bits per heavy atom. The molecule has 0 spiro atoms. The lowest BCUT2D eigenvalue weighted by molar-refractivity contribution is 0.0713. The number of aromatic nitrogens is 3. The van der Waals surface area contributed by atoms with E-state index in [9.17, 15) is 10.1 Å². The fourth-order valence-electron chi connectivity index (χ4n) is 4.14. The van der Waals surface area contributed by atoms with E-state index in [0.717, 1.165) is 41.0 Å². The summed E-state index contributed by atoms with van der Waals surface area (Å²) in [6, 6.07) is 15.8. The molecule has 2 aromatic carbocycles. The van der Waals surface area contributed by atoms with Gasteiger partial charge in [-0.15, -0.1) is 10.2 Å². The van der Waals surface area contributed by atoms with Crippen LogP contribution in [0.25, 0.3) is 0 Å². The first kappa shape index (κ1) is 21.6. The third kappa shape index (κ3) is 4.50. The average molecular weight is 429 g/mol. The van der Waals surface area contributed by atoms with Crippen LogP contribution in [0.2, 0.25) is 0 Å². The first-order chi connectivity index (χ1) is 15.5. The summed E-state index contributed by atoms with van der Waals surface area (Å²) in [6.07, 6.45) is 1.72. The van der Waals surface area contributed by atoms with Crippen LogP contribution in [0.1, 0.15) is 71.4 Å². The maximum Gasteiger partial charge on any atom is 0.253 e. The van der Waals surface area contributed by atoms with Crippen LogP contribution >= 0.6 is 0 Å². The van der Waals surface area contributed by atoms with Crippen LogP contribution in [-0.4, -0.2) is 39.1 Å². The van der Waals surface area contributed by atoms with E-state index in [1.807, 2.05) is 54.3 Å². The molecule has 0 aliphatic carbocycles. The summed E-state index contributed by atoms with van der Waals surface area (Å²) in [5.41, 5.74) is 4.34. The molecule has 164 valence electrons. The Morgan fingerprint density at radius 3 is 2.62 bits per heavy atom. The van der Waals surface area contributed by atoms with Crippen LogP contribution in [0.15, 0.2) is 42.5 Å². The minimum absolute atomic E-state index is 0.0282. The zero-order valence-corrected chi connectivity index (χ0v) is 18.7. The molecule has 0 radical (unpaired) electrons. The zero-order chi connectivity index (χ0) is 22.7. The molecule has 0 saturated carbocycles. The highest BCUT2D eigenvalue weighted by Crippen LogP contribution is 2.31. The van der Waals surface area contributed by atoms with Gasteiger partial charge in [0.25, 0.3) is 5.91 Å². The minimum atomic E-state index is 0.0282. The molecule has 1 fully saturated rings. The molecule has 1 aliphatic heterocycles. The minimum Gasteiger partial charge on any atom is -0.339 e. The van der Waals surface area contributed by atoms with E-state index in [1.165, 1.54) is 0 Å². The van der Waals surface area contributed by atoms with Crippen molar-refractivity contribution in [1.82, 2.24) is 20.1 Å². The van der Waals surface area contributed by atoms with Crippen molar-refractivity contribution < 1.29 is 4.79 Å². The fraction of sp³-hybridized carbons (Fsp3) is 0.360. The number of nitrogens with zero attached hydrogens (tertiary/aromatic N) is 4. The van der Waals surface area contributed by atoms with Crippen molar-refractivity contribution in [3.8, 4) is 6.07 Å². The first-order valence-electron chi connectivity index (χ1n) is 11.0. The summed E-state index contributed by atoms with van der Waals surface area (Å²) in [5.74, 6) is 1.99. The highest BCUT2D eigenvalue weighted by atomic mass is 16.2. The summed E-state index contributed by atoms with van der Waals surface area (Å²) < 4.78 is 0. The molecule has 1 aliphatic rings. The SMILES string of the molecule is Cc1ccc(C(=O)N2CCC(c3ccccc3C#N)CC2)cc1Nc1nnc(C(C)C)[nH]1. The summed E-state index contributed by atoms with van der Waals surface area (Å²) in [4.78, 5) is 18.3. The van der Waals surface area contributed by atoms with Gasteiger partial charge in [0.05, 0.1) is 11.6 Å². The summed E-state index contributed by atoms with van der Waals surface area (Å²) in [6.45, 7) is 7.46. The third-order valence-corrected chi connectivity index (χ3v) is 6.09. The number of anilines is 2. The number of carbonyl (C=O) groups excluding carboxylic acids is 1. The Balaban J connectivity index is 1.45. The Labute approximate surface area is 188 Å². The van der Waals surface area contributed by atoms with E-state index in [0.29, 0.717) is 30.5 Å². The van der Waals surface area contributed by atoms with Crippen molar-refractivity contribution in [1.29, 1.82) is 5.26 Å². The number of carbonyl (C=O) groups is 1. The van der Waals surface area contributed by atoms with Crippen LogP contribution in [-0.2, 0) is 0 Å². The highest BCUT2D eigenvalue weighted by molar-refractivity contribution is 5.95. The van der Waals surface area contributed by atoms with Crippen LogP contribution < -0.4 is 5.32 Å². The number of piperidine rings is 1. The summed E-state index contributed by atoms with van der Waals surface area (Å²) in [7, 11) is 0. The molecule has 2 heterocycles. The lowest BCUT2D eigenvalue weighted by atomic mass is 9.86. The number of likely N-dealkylation sites (tertiary alicyclic amines) is 1. The number of rotatable bonds is 5. The number of aromatic amines is 1. The second kappa shape index (κ2) is 9.23. The molecular formula is C25H28N6O. The van der Waals surface area contributed by atoms with Gasteiger partial charge < -0.3 is 15.2 Å². The second-order valence-corrected chi connectivity index (χ2v) is 8.63. The van der Waals surface area contributed by atoms with Crippen molar-refractivity contribution in [2.45, 2.75) is 45.4 Å². The van der Waals surface area contributed by atoms with E-state index in [-0.39, 0.29) is 11.8 Å². The number of nitrogens with one attached hydrogen (secondary N) is 2. The fourth-order valence-corrected chi connectivity index (χ4v) is 4.14. The van der Waals surface area contributed by atoms with E-state index in [2.05, 4.69) is 40.4 Å². The maximum atomic E-state index is 13.2. The number of H-pyrrole nitrogens is 1. The normalized spacial score (nSPS) is 14.4. The van der Waals surface area contributed by atoms with Crippen molar-refractivity contribution in [3.63, 3.8) is 0 Å². The van der Waals surface area contributed by atoms with E-state index in [4.69, 9.17) is 0 Å². The molecule has 1 aromatic heterocycles. The first-order valence-corrected chi connectivity index (χ1v) is 11.0. The monoisotopic (exact) mass is 428 g/mol. The van der Waals surface area contributed by atoms with Gasteiger partial charge in [0.1, 0.15) is 5.82 Å². The number of amides is 1. The van der Waals surface area contributed by atoms with Gasteiger partial charge in [-0.1, -0.05) is 38.1 Å². The van der Waals surface area contributed by atoms with Gasteiger partial charge in [0, 0.05) is 30.3 Å². The molecule has 1 saturated heterocycles. The standard InChI is InChI=1S/C25H28N6O/c1-16(2)23-28-25(30-29-23)27-22-14-19(9-8-17(22)3)24(32)31-12-10-18(11-13-31)21-7-5-4-6-20(21)15-26/h4-9,14,16,18H,10-13H2,1-3H3,(H2,27,28,29,30). The molecule has 3 aromatic rings. The van der Waals surface area contributed by atoms with Crippen molar-refractivity contribution in [2.75, 3.05) is 18.4 Å². The molecule has 1 amide bonds. The second-order valence-electron chi connectivity index (χ2n) is 8.63. The Bertz CT molecular complexity index is 1150. The van der Waals surface area contributed by atoms with Crippen molar-refractivity contribution >= 4 is 17.5 Å². The van der Waals surface area contributed by atoms with Crippen LogP contribution in [0.3, 0.4) is 0 Å². The van der Waals surface area contributed by atoms with Crippen LogP contribution in [0.5, 0.6) is 0 Å². The smallest absolute Gasteiger partial charge is 0.253 e. The third-order valence-electron chi connectivity index (χ3n) is 6.09. The molecule has 0 bridgehead atoms. The largest absolute Gasteiger partial charge is 0.339 e. The van der Waals surface area contributed by atoms with Gasteiger partial charge in [0.15, 0.2) is 0 Å². The topological polar surface area (TPSA) is 97.7 Å². The molecule has 4 rings (SSSR count). The number of hydrogen-bond donors (Lipinski definition) is 2. The quantitative estimate of drug-likeness (QED) is 0.604. The van der Waals surface area contributed by atoms with Crippen LogP contribution in [0.4, 0.5) is 11.6 Å². The Kier molecular flexibility index (Phi) is 6.22. The predicted octanol–water partition coefficient (Wildman–Crippen LogP) is 4.87. The Hall–Kier alpha value is -3.66. The van der Waals surface area contributed by atoms with E-state index < -0.39 is 0 Å². The van der Waals surface area contributed by atoms with Gasteiger partial charge in [-0.2, -0.15) is 5.26 Å². The van der Waals surface area contributed by atoms with Crippen molar-refractivity contribution in [3.05, 3.63) is 70.5 Å². The lowest BCUT2D eigenvalue weighted by Crippen LogP contribution is -2.38. The molecular weight excluding hydrogens is 400 g/mol. The highest BCUT2D eigenvalue weighted by Gasteiger charge is 2.26. The molecule has 7 nitrogen and oxygen atoms in total. The lowest BCUT2D eigenvalue weighted by Gasteiger charge is -2.32. The number of hydrogen-bond acceptors (Lipinski definition) is 5. The van der Waals surface area contributed by atoms with E-state index >= 15 is 0 Å². The maximum absolute atomic E-state index is 13.2. The van der Waals surface area contributed by atoms with Crippen molar-refractivity contribution in [2.24, 2.45) is 0 Å². The molecule has 7 heteroatoms. The number of benzene rings is 2. The van der Waals surface area contributed by atoms with E-state index in [1.54, 1.807) is 0 Å². The summed E-state index contributed by atoms with van der Waals surface area (Å²) >= 11 is 0. The van der Waals surface area contributed by atoms with Gasteiger partial charge in [-0.25, -0.2) is 0 Å². The van der Waals surface area contributed by atoms with Gasteiger partial charge >= 0.3 is 0 Å². The molecule has 0 atom stereocenters. The molecule has 2 N–H and O–H groups in total. The molecule has 0 unspecified atom stereocenters. The van der Waals surface area contributed by atoms with Gasteiger partial charge in [-0.3, -0.25) is 4.79 Å². The van der Waals surface area contributed by atoms with Gasteiger partial charge in [-0.05, 0) is 55.0 Å². The average Bonchev–Trinajstić information content (AvgIpc) is 3.29. The summed E-state index contributed by atoms with van der Waals surface area (Å²) in [5, 5.41) is 21.0. The Morgan fingerprint density at radius 1 is 1.19 bits per heavy atom. The predicted molar refractivity (Wildman–Crippen MR) is 124 cm³/mol. The zero-order valence-electron chi connectivity index (χ0n) is 18.7. The number of nitriles is 1. The van der Waals surface area contributed by atoms with Gasteiger partial charge in [0.2, 0.25) is 5.95 Å². The number of aryl methyl sites for hydroxylation is 1. The molecule has 32 heavy (non-hydrogen) atoms. The van der Waals surface area contributed by atoms with Crippen LogP contribution in [0, 0.1) is 18.3 Å².